The standard InChI is InChI=1S/C22H19N3O2S/c1-27-18-9-5-6-15(11-12-18)20(26)24-17-8-4-7-16(14-17)21-25-19-10-2-3-13-23-22(19)28-21/h2-11,14H,12-13H2,1H3,(H,24,26). The van der Waals surface area contributed by atoms with Crippen LogP contribution in [0.1, 0.15) is 6.42 Å². The number of carbonyl (C=O) groups excluding carboxylic acids is 1. The van der Waals surface area contributed by atoms with Crippen LogP contribution in [0, 0.1) is 0 Å². The number of thiazole rings is 1. The highest BCUT2D eigenvalue weighted by molar-refractivity contribution is 7.12. The van der Waals surface area contributed by atoms with E-state index in [0.717, 1.165) is 32.0 Å². The van der Waals surface area contributed by atoms with Crippen molar-refractivity contribution in [3.63, 3.8) is 0 Å². The summed E-state index contributed by atoms with van der Waals surface area (Å²) in [4.78, 5) is 21.8. The van der Waals surface area contributed by atoms with Crippen LogP contribution in [-0.4, -0.2) is 24.5 Å². The second-order valence-corrected chi connectivity index (χ2v) is 7.22. The molecule has 0 saturated heterocycles. The van der Waals surface area contributed by atoms with Gasteiger partial charge in [0, 0.05) is 23.2 Å². The lowest BCUT2D eigenvalue weighted by Crippen LogP contribution is -2.20. The van der Waals surface area contributed by atoms with Crippen molar-refractivity contribution in [1.29, 1.82) is 0 Å². The van der Waals surface area contributed by atoms with Crippen LogP contribution in [0.25, 0.3) is 16.6 Å². The summed E-state index contributed by atoms with van der Waals surface area (Å²) in [6.07, 6.45) is 13.9. The van der Waals surface area contributed by atoms with Crippen molar-refractivity contribution in [2.75, 3.05) is 19.0 Å². The average molecular weight is 389 g/mol. The van der Waals surface area contributed by atoms with Gasteiger partial charge in [-0.1, -0.05) is 47.8 Å². The van der Waals surface area contributed by atoms with Crippen molar-refractivity contribution in [2.45, 2.75) is 6.42 Å². The molecule has 0 saturated carbocycles. The monoisotopic (exact) mass is 389 g/mol. The van der Waals surface area contributed by atoms with Gasteiger partial charge in [-0.2, -0.15) is 0 Å². The van der Waals surface area contributed by atoms with E-state index in [2.05, 4.69) is 15.3 Å². The van der Waals surface area contributed by atoms with Gasteiger partial charge < -0.3 is 10.1 Å². The maximum Gasteiger partial charge on any atom is 0.255 e. The number of hydrogen-bond donors (Lipinski definition) is 1. The lowest BCUT2D eigenvalue weighted by atomic mass is 10.1. The van der Waals surface area contributed by atoms with Gasteiger partial charge in [-0.25, -0.2) is 4.98 Å². The first-order chi connectivity index (χ1) is 13.7. The molecule has 0 unspecified atom stereocenters. The van der Waals surface area contributed by atoms with Crippen LogP contribution < -0.4 is 15.3 Å². The lowest BCUT2D eigenvalue weighted by molar-refractivity contribution is -0.112. The first-order valence-electron chi connectivity index (χ1n) is 8.94. The third-order valence-electron chi connectivity index (χ3n) is 4.34. The molecule has 5 nitrogen and oxygen atoms in total. The number of carbonyl (C=O) groups is 1. The molecular formula is C22H19N3O2S. The first-order valence-corrected chi connectivity index (χ1v) is 9.76. The SMILES string of the molecule is COC1=CC=CC(C(=O)Nc2cccc(-c3nc4c(s3)=NCC=CC=4)c2)=CC1. The van der Waals surface area contributed by atoms with Crippen LogP contribution >= 0.6 is 11.3 Å². The number of rotatable bonds is 4. The van der Waals surface area contributed by atoms with Crippen LogP contribution in [0.2, 0.25) is 0 Å². The zero-order valence-electron chi connectivity index (χ0n) is 15.4. The van der Waals surface area contributed by atoms with E-state index in [9.17, 15) is 4.79 Å². The molecule has 28 heavy (non-hydrogen) atoms. The highest BCUT2D eigenvalue weighted by Crippen LogP contribution is 2.23. The molecule has 2 aliphatic rings. The molecule has 140 valence electrons. The number of anilines is 1. The van der Waals surface area contributed by atoms with Crippen LogP contribution in [0.4, 0.5) is 5.69 Å². The van der Waals surface area contributed by atoms with Crippen LogP contribution in [-0.2, 0) is 9.53 Å². The third kappa shape index (κ3) is 4.02. The van der Waals surface area contributed by atoms with Gasteiger partial charge in [0.15, 0.2) is 0 Å². The van der Waals surface area contributed by atoms with Crippen molar-refractivity contribution < 1.29 is 9.53 Å². The summed E-state index contributed by atoms with van der Waals surface area (Å²) in [6.45, 7) is 0.670. The van der Waals surface area contributed by atoms with Crippen molar-refractivity contribution in [3.05, 3.63) is 82.1 Å². The van der Waals surface area contributed by atoms with Crippen LogP contribution in [0.5, 0.6) is 0 Å². The van der Waals surface area contributed by atoms with Crippen molar-refractivity contribution in [3.8, 4) is 10.6 Å². The molecule has 2 aromatic rings. The van der Waals surface area contributed by atoms with Gasteiger partial charge in [0.1, 0.15) is 15.0 Å². The smallest absolute Gasteiger partial charge is 0.255 e. The molecule has 1 aliphatic carbocycles. The molecule has 1 aliphatic heterocycles. The Morgan fingerprint density at radius 3 is 3.07 bits per heavy atom. The number of ether oxygens (including phenoxy) is 1. The maximum atomic E-state index is 12.6. The molecule has 0 radical (unpaired) electrons. The number of benzene rings is 1. The molecule has 1 N–H and O–H groups in total. The molecule has 1 amide bonds. The van der Waals surface area contributed by atoms with E-state index in [0.29, 0.717) is 18.5 Å². The Kier molecular flexibility index (Phi) is 5.30. The Morgan fingerprint density at radius 2 is 2.18 bits per heavy atom. The van der Waals surface area contributed by atoms with Crippen LogP contribution in [0.15, 0.2) is 77.0 Å². The number of amides is 1. The van der Waals surface area contributed by atoms with Gasteiger partial charge >= 0.3 is 0 Å². The van der Waals surface area contributed by atoms with E-state index < -0.39 is 0 Å². The van der Waals surface area contributed by atoms with E-state index in [4.69, 9.17) is 4.74 Å². The molecule has 0 fully saturated rings. The fraction of sp³-hybridized carbons (Fsp3) is 0.136. The van der Waals surface area contributed by atoms with Crippen LogP contribution in [0.3, 0.4) is 0 Å². The first kappa shape index (κ1) is 18.1. The minimum Gasteiger partial charge on any atom is -0.501 e. The molecule has 1 aromatic heterocycles. The number of nitrogens with zero attached hydrogens (tertiary/aromatic N) is 2. The number of fused-ring (bicyclic) bond motifs is 1. The second-order valence-electron chi connectivity index (χ2n) is 6.24. The fourth-order valence-electron chi connectivity index (χ4n) is 2.88. The summed E-state index contributed by atoms with van der Waals surface area (Å²) >= 11 is 1.56. The predicted octanol–water partition coefficient (Wildman–Crippen LogP) is 3.14. The molecule has 1 aromatic carbocycles. The number of hydrogen-bond acceptors (Lipinski definition) is 5. The predicted molar refractivity (Wildman–Crippen MR) is 112 cm³/mol. The number of allylic oxidation sites excluding steroid dienone is 4. The minimum absolute atomic E-state index is 0.150. The Balaban J connectivity index is 1.55. The molecule has 2 heterocycles. The second kappa shape index (κ2) is 8.19. The summed E-state index contributed by atoms with van der Waals surface area (Å²) in [5.41, 5.74) is 2.29. The largest absolute Gasteiger partial charge is 0.501 e. The Bertz CT molecular complexity index is 1150. The Morgan fingerprint density at radius 1 is 1.25 bits per heavy atom. The van der Waals surface area contributed by atoms with E-state index in [1.807, 2.05) is 60.7 Å². The lowest BCUT2D eigenvalue weighted by Gasteiger charge is -2.07. The molecule has 0 spiro atoms. The summed E-state index contributed by atoms with van der Waals surface area (Å²) in [7, 11) is 1.63. The average Bonchev–Trinajstić information content (AvgIpc) is 2.88. The van der Waals surface area contributed by atoms with Crippen molar-refractivity contribution in [2.24, 2.45) is 4.99 Å². The number of aromatic nitrogens is 1. The van der Waals surface area contributed by atoms with Crippen molar-refractivity contribution in [1.82, 2.24) is 4.98 Å². The van der Waals surface area contributed by atoms with Gasteiger partial charge in [-0.15, -0.1) is 0 Å². The molecule has 4 rings (SSSR count). The third-order valence-corrected chi connectivity index (χ3v) is 5.39. The molecular weight excluding hydrogens is 370 g/mol. The normalized spacial score (nSPS) is 15.2. The van der Waals surface area contributed by atoms with Gasteiger partial charge in [0.25, 0.3) is 5.91 Å². The summed E-state index contributed by atoms with van der Waals surface area (Å²) in [6, 6.07) is 7.72. The van der Waals surface area contributed by atoms with Gasteiger partial charge in [0.05, 0.1) is 19.4 Å². The highest BCUT2D eigenvalue weighted by atomic mass is 32.1. The fourth-order valence-corrected chi connectivity index (χ4v) is 3.81. The molecule has 0 atom stereocenters. The Hall–Kier alpha value is -3.25. The number of methoxy groups -OCH3 is 1. The maximum absolute atomic E-state index is 12.6. The highest BCUT2D eigenvalue weighted by Gasteiger charge is 2.11. The minimum atomic E-state index is -0.150. The summed E-state index contributed by atoms with van der Waals surface area (Å²) < 4.78 is 6.17. The Labute approximate surface area is 166 Å². The van der Waals surface area contributed by atoms with E-state index in [1.165, 1.54) is 0 Å². The van der Waals surface area contributed by atoms with E-state index >= 15 is 0 Å². The van der Waals surface area contributed by atoms with Gasteiger partial charge in [-0.05, 0) is 30.4 Å². The summed E-state index contributed by atoms with van der Waals surface area (Å²) in [5.74, 6) is 0.671. The summed E-state index contributed by atoms with van der Waals surface area (Å²) in [5, 5.41) is 4.74. The number of nitrogens with one attached hydrogen (secondary N) is 1. The van der Waals surface area contributed by atoms with Gasteiger partial charge in [-0.3, -0.25) is 9.79 Å². The quantitative estimate of drug-likeness (QED) is 0.874. The molecule has 0 bridgehead atoms. The zero-order chi connectivity index (χ0) is 19.3. The van der Waals surface area contributed by atoms with Gasteiger partial charge in [0.2, 0.25) is 0 Å². The molecule has 6 heteroatoms. The topological polar surface area (TPSA) is 63.6 Å². The van der Waals surface area contributed by atoms with Crippen molar-refractivity contribution >= 4 is 29.0 Å². The van der Waals surface area contributed by atoms with E-state index in [-0.39, 0.29) is 5.91 Å². The van der Waals surface area contributed by atoms with E-state index in [1.54, 1.807) is 24.5 Å². The zero-order valence-corrected chi connectivity index (χ0v) is 16.2.